The first kappa shape index (κ1) is 7.31. The monoisotopic (exact) mass is 161 g/mol. The third-order valence-corrected chi connectivity index (χ3v) is 1.90. The molecule has 0 radical (unpaired) electrons. The molecule has 0 saturated carbocycles. The van der Waals surface area contributed by atoms with Crippen LogP contribution in [0.5, 0.6) is 0 Å². The van der Waals surface area contributed by atoms with Gasteiger partial charge in [-0.1, -0.05) is 0 Å². The van der Waals surface area contributed by atoms with Crippen LogP contribution in [-0.2, 0) is 6.54 Å². The molecule has 0 spiro atoms. The van der Waals surface area contributed by atoms with Crippen molar-refractivity contribution < 1.29 is 0 Å². The molecule has 2 N–H and O–H groups in total. The summed E-state index contributed by atoms with van der Waals surface area (Å²) < 4.78 is 0. The summed E-state index contributed by atoms with van der Waals surface area (Å²) in [6, 6.07) is 4.03. The number of pyridine rings is 1. The fourth-order valence-electron chi connectivity index (χ4n) is 1.35. The fraction of sp³-hybridized carbons (Fsp3) is 0.222. The maximum atomic E-state index is 4.20. The normalized spacial score (nSPS) is 10.8. The van der Waals surface area contributed by atoms with E-state index < -0.39 is 0 Å². The summed E-state index contributed by atoms with van der Waals surface area (Å²) in [6.45, 7) is 0.881. The molecule has 2 aromatic heterocycles. The van der Waals surface area contributed by atoms with Crippen molar-refractivity contribution in [2.75, 3.05) is 7.05 Å². The first-order valence-corrected chi connectivity index (χ1v) is 3.97. The summed E-state index contributed by atoms with van der Waals surface area (Å²) in [5.74, 6) is 0. The van der Waals surface area contributed by atoms with Crippen LogP contribution in [0.3, 0.4) is 0 Å². The van der Waals surface area contributed by atoms with Gasteiger partial charge in [-0.05, 0) is 24.7 Å². The van der Waals surface area contributed by atoms with Crippen LogP contribution in [0, 0.1) is 0 Å². The Bertz CT molecular complexity index is 378. The lowest BCUT2D eigenvalue weighted by Crippen LogP contribution is -2.03. The molecule has 2 rings (SSSR count). The zero-order chi connectivity index (χ0) is 8.39. The lowest BCUT2D eigenvalue weighted by atomic mass is 10.2. The van der Waals surface area contributed by atoms with Crippen molar-refractivity contribution in [3.63, 3.8) is 0 Å². The highest BCUT2D eigenvalue weighted by atomic mass is 14.9. The number of fused-ring (bicyclic) bond motifs is 1. The number of hydrogen-bond donors (Lipinski definition) is 2. The van der Waals surface area contributed by atoms with Crippen molar-refractivity contribution in [3.8, 4) is 0 Å². The Balaban J connectivity index is 2.55. The summed E-state index contributed by atoms with van der Waals surface area (Å²) in [7, 11) is 1.94. The maximum Gasteiger partial charge on any atom is 0.137 e. The molecule has 0 atom stereocenters. The summed E-state index contributed by atoms with van der Waals surface area (Å²) >= 11 is 0. The molecular formula is C9H11N3. The van der Waals surface area contributed by atoms with E-state index in [1.807, 2.05) is 19.3 Å². The van der Waals surface area contributed by atoms with Crippen molar-refractivity contribution in [2.24, 2.45) is 0 Å². The topological polar surface area (TPSA) is 40.7 Å². The van der Waals surface area contributed by atoms with E-state index >= 15 is 0 Å². The third kappa shape index (κ3) is 1.08. The minimum absolute atomic E-state index is 0.881. The van der Waals surface area contributed by atoms with E-state index in [1.165, 1.54) is 10.9 Å². The van der Waals surface area contributed by atoms with E-state index in [2.05, 4.69) is 21.4 Å². The Morgan fingerprint density at radius 2 is 2.50 bits per heavy atom. The molecule has 62 valence electrons. The summed E-state index contributed by atoms with van der Waals surface area (Å²) in [4.78, 5) is 7.32. The number of H-pyrrole nitrogens is 1. The Kier molecular flexibility index (Phi) is 1.80. The van der Waals surface area contributed by atoms with Gasteiger partial charge in [0.15, 0.2) is 0 Å². The minimum atomic E-state index is 0.881. The Hall–Kier alpha value is -1.35. The second-order valence-electron chi connectivity index (χ2n) is 2.74. The molecule has 12 heavy (non-hydrogen) atoms. The molecule has 2 heterocycles. The molecule has 2 aromatic rings. The fourth-order valence-corrected chi connectivity index (χ4v) is 1.35. The predicted molar refractivity (Wildman–Crippen MR) is 48.9 cm³/mol. The Labute approximate surface area is 70.8 Å². The molecule has 0 unspecified atom stereocenters. The van der Waals surface area contributed by atoms with Crippen LogP contribution in [-0.4, -0.2) is 17.0 Å². The molecule has 0 aliphatic heterocycles. The molecule has 0 saturated heterocycles. The number of hydrogen-bond acceptors (Lipinski definition) is 2. The standard InChI is InChI=1S/C9H11N3/c1-10-5-7-6-12-9-8(7)3-2-4-11-9/h2-4,6,10H,5H2,1H3,(H,11,12). The van der Waals surface area contributed by atoms with Gasteiger partial charge in [-0.2, -0.15) is 0 Å². The van der Waals surface area contributed by atoms with Gasteiger partial charge in [-0.3, -0.25) is 0 Å². The zero-order valence-electron chi connectivity index (χ0n) is 6.96. The first-order chi connectivity index (χ1) is 5.92. The van der Waals surface area contributed by atoms with E-state index in [-0.39, 0.29) is 0 Å². The van der Waals surface area contributed by atoms with Crippen LogP contribution < -0.4 is 5.32 Å². The van der Waals surface area contributed by atoms with Gasteiger partial charge in [0.25, 0.3) is 0 Å². The zero-order valence-corrected chi connectivity index (χ0v) is 6.96. The summed E-state index contributed by atoms with van der Waals surface area (Å²) in [5.41, 5.74) is 2.23. The molecule has 0 aliphatic carbocycles. The highest BCUT2D eigenvalue weighted by molar-refractivity contribution is 5.79. The van der Waals surface area contributed by atoms with E-state index in [0.717, 1.165) is 12.2 Å². The lowest BCUT2D eigenvalue weighted by Gasteiger charge is -1.94. The van der Waals surface area contributed by atoms with Crippen molar-refractivity contribution in [1.82, 2.24) is 15.3 Å². The van der Waals surface area contributed by atoms with E-state index in [0.29, 0.717) is 0 Å². The van der Waals surface area contributed by atoms with E-state index in [9.17, 15) is 0 Å². The summed E-state index contributed by atoms with van der Waals surface area (Å²) in [6.07, 6.45) is 3.79. The predicted octanol–water partition coefficient (Wildman–Crippen LogP) is 1.28. The van der Waals surface area contributed by atoms with E-state index in [4.69, 9.17) is 0 Å². The number of aromatic nitrogens is 2. The highest BCUT2D eigenvalue weighted by Crippen LogP contribution is 2.14. The van der Waals surface area contributed by atoms with Crippen molar-refractivity contribution in [1.29, 1.82) is 0 Å². The largest absolute Gasteiger partial charge is 0.346 e. The van der Waals surface area contributed by atoms with E-state index in [1.54, 1.807) is 6.20 Å². The van der Waals surface area contributed by atoms with Crippen molar-refractivity contribution in [3.05, 3.63) is 30.1 Å². The van der Waals surface area contributed by atoms with Gasteiger partial charge in [-0.25, -0.2) is 4.98 Å². The van der Waals surface area contributed by atoms with Crippen LogP contribution in [0.2, 0.25) is 0 Å². The van der Waals surface area contributed by atoms with Gasteiger partial charge in [0.2, 0.25) is 0 Å². The van der Waals surface area contributed by atoms with Crippen LogP contribution in [0.15, 0.2) is 24.5 Å². The van der Waals surface area contributed by atoms with Gasteiger partial charge in [0.05, 0.1) is 0 Å². The number of nitrogens with one attached hydrogen (secondary N) is 2. The number of nitrogens with zero attached hydrogens (tertiary/aromatic N) is 1. The molecule has 0 bridgehead atoms. The van der Waals surface area contributed by atoms with Gasteiger partial charge in [0, 0.05) is 24.3 Å². The molecule has 3 nitrogen and oxygen atoms in total. The molecule has 0 amide bonds. The molecule has 0 fully saturated rings. The molecule has 0 aromatic carbocycles. The second kappa shape index (κ2) is 2.95. The quantitative estimate of drug-likeness (QED) is 0.696. The first-order valence-electron chi connectivity index (χ1n) is 3.97. The van der Waals surface area contributed by atoms with Crippen LogP contribution in [0.1, 0.15) is 5.56 Å². The lowest BCUT2D eigenvalue weighted by molar-refractivity contribution is 0.823. The third-order valence-electron chi connectivity index (χ3n) is 1.90. The number of aromatic amines is 1. The Morgan fingerprint density at radius 1 is 1.58 bits per heavy atom. The van der Waals surface area contributed by atoms with Gasteiger partial charge >= 0.3 is 0 Å². The van der Waals surface area contributed by atoms with Crippen LogP contribution in [0.25, 0.3) is 11.0 Å². The minimum Gasteiger partial charge on any atom is -0.346 e. The molecule has 3 heteroatoms. The molecular weight excluding hydrogens is 150 g/mol. The van der Waals surface area contributed by atoms with Gasteiger partial charge in [0.1, 0.15) is 5.65 Å². The highest BCUT2D eigenvalue weighted by Gasteiger charge is 2.00. The van der Waals surface area contributed by atoms with Gasteiger partial charge < -0.3 is 10.3 Å². The van der Waals surface area contributed by atoms with Crippen LogP contribution in [0.4, 0.5) is 0 Å². The van der Waals surface area contributed by atoms with Crippen molar-refractivity contribution in [2.45, 2.75) is 6.54 Å². The van der Waals surface area contributed by atoms with Gasteiger partial charge in [-0.15, -0.1) is 0 Å². The van der Waals surface area contributed by atoms with Crippen molar-refractivity contribution >= 4 is 11.0 Å². The Morgan fingerprint density at radius 3 is 3.33 bits per heavy atom. The average molecular weight is 161 g/mol. The maximum absolute atomic E-state index is 4.20. The second-order valence-corrected chi connectivity index (χ2v) is 2.74. The molecule has 0 aliphatic rings. The average Bonchev–Trinajstić information content (AvgIpc) is 2.50. The SMILES string of the molecule is CNCc1c[nH]c2ncccc12. The summed E-state index contributed by atoms with van der Waals surface area (Å²) in [5, 5.41) is 4.32. The van der Waals surface area contributed by atoms with Crippen LogP contribution >= 0.6 is 0 Å². The number of rotatable bonds is 2. The smallest absolute Gasteiger partial charge is 0.137 e.